The predicted octanol–water partition coefficient (Wildman–Crippen LogP) is 3.49. The second-order valence-electron chi connectivity index (χ2n) is 5.51. The third kappa shape index (κ3) is 4.49. The number of likely N-dealkylation sites (tertiary alicyclic amines) is 1. The number of nitrogens with one attached hydrogen (secondary N) is 1. The number of hydrogen-bond acceptors (Lipinski definition) is 4. The fourth-order valence-electron chi connectivity index (χ4n) is 2.51. The van der Waals surface area contributed by atoms with E-state index in [9.17, 15) is 4.79 Å². The van der Waals surface area contributed by atoms with E-state index < -0.39 is 0 Å². The molecule has 1 aromatic rings. The molecule has 2 atom stereocenters. The Morgan fingerprint density at radius 2 is 2.38 bits per heavy atom. The maximum absolute atomic E-state index is 12.2. The average molecular weight is 329 g/mol. The first-order chi connectivity index (χ1) is 9.97. The Morgan fingerprint density at radius 3 is 3.00 bits per heavy atom. The van der Waals surface area contributed by atoms with Crippen LogP contribution < -0.4 is 5.32 Å². The van der Waals surface area contributed by atoms with Crippen molar-refractivity contribution < 1.29 is 4.79 Å². The first-order valence-electron chi connectivity index (χ1n) is 7.12. The number of urea groups is 1. The molecule has 2 unspecified atom stereocenters. The minimum Gasteiger partial charge on any atom is -0.291 e. The Morgan fingerprint density at radius 1 is 1.62 bits per heavy atom. The summed E-state index contributed by atoms with van der Waals surface area (Å²) in [6.07, 6.45) is 3.84. The molecular formula is C14H21ClN4OS. The fourth-order valence-corrected chi connectivity index (χ4v) is 2.81. The SMILES string of the molecule is CC1CCCN(C(C)N(S)C(=O)Nc2ccc(Cl)cn2)C1. The van der Waals surface area contributed by atoms with Crippen molar-refractivity contribution in [2.45, 2.75) is 32.9 Å². The molecule has 21 heavy (non-hydrogen) atoms. The predicted molar refractivity (Wildman–Crippen MR) is 88.5 cm³/mol. The van der Waals surface area contributed by atoms with E-state index >= 15 is 0 Å². The third-order valence-electron chi connectivity index (χ3n) is 3.74. The standard InChI is InChI=1S/C14H21ClN4OS/c1-10-4-3-7-18(9-10)11(2)19(21)14(20)17-13-6-5-12(15)8-16-13/h5-6,8,10-11,21H,3-4,7,9H2,1-2H3,(H,16,17,20). The maximum atomic E-state index is 12.2. The van der Waals surface area contributed by atoms with Crippen LogP contribution in [-0.4, -0.2) is 39.5 Å². The van der Waals surface area contributed by atoms with E-state index in [4.69, 9.17) is 11.6 Å². The summed E-state index contributed by atoms with van der Waals surface area (Å²) in [4.78, 5) is 18.5. The number of aromatic nitrogens is 1. The van der Waals surface area contributed by atoms with Gasteiger partial charge in [-0.1, -0.05) is 31.3 Å². The molecule has 2 amide bonds. The van der Waals surface area contributed by atoms with Crippen LogP contribution in [-0.2, 0) is 0 Å². The molecule has 0 saturated carbocycles. The fraction of sp³-hybridized carbons (Fsp3) is 0.571. The van der Waals surface area contributed by atoms with Crippen molar-refractivity contribution in [2.75, 3.05) is 18.4 Å². The highest BCUT2D eigenvalue weighted by molar-refractivity contribution is 7.78. The largest absolute Gasteiger partial charge is 0.334 e. The molecular weight excluding hydrogens is 308 g/mol. The van der Waals surface area contributed by atoms with Crippen LogP contribution in [0.1, 0.15) is 26.7 Å². The minimum absolute atomic E-state index is 0.0663. The number of piperidine rings is 1. The normalized spacial score (nSPS) is 20.9. The highest BCUT2D eigenvalue weighted by atomic mass is 35.5. The van der Waals surface area contributed by atoms with Crippen LogP contribution in [0.4, 0.5) is 10.6 Å². The van der Waals surface area contributed by atoms with E-state index in [1.807, 2.05) is 6.92 Å². The van der Waals surface area contributed by atoms with Gasteiger partial charge in [-0.3, -0.25) is 14.5 Å². The lowest BCUT2D eigenvalue weighted by atomic mass is 10.00. The molecule has 1 fully saturated rings. The van der Waals surface area contributed by atoms with Gasteiger partial charge in [-0.25, -0.2) is 9.78 Å². The van der Waals surface area contributed by atoms with Crippen molar-refractivity contribution in [2.24, 2.45) is 5.92 Å². The molecule has 5 nitrogen and oxygen atoms in total. The van der Waals surface area contributed by atoms with Crippen LogP contribution in [0.2, 0.25) is 5.02 Å². The Hall–Kier alpha value is -0.980. The summed E-state index contributed by atoms with van der Waals surface area (Å²) < 4.78 is 1.41. The molecule has 7 heteroatoms. The molecule has 2 heterocycles. The number of pyridine rings is 1. The lowest BCUT2D eigenvalue weighted by molar-refractivity contribution is 0.0913. The van der Waals surface area contributed by atoms with Gasteiger partial charge in [0.25, 0.3) is 0 Å². The zero-order chi connectivity index (χ0) is 15.4. The molecule has 0 spiro atoms. The summed E-state index contributed by atoms with van der Waals surface area (Å²) in [5.74, 6) is 1.12. The number of anilines is 1. The number of carbonyl (C=O) groups excluding carboxylic acids is 1. The first-order valence-corrected chi connectivity index (χ1v) is 7.90. The zero-order valence-corrected chi connectivity index (χ0v) is 13.9. The number of hydrogen-bond donors (Lipinski definition) is 2. The number of nitrogens with zero attached hydrogens (tertiary/aromatic N) is 3. The number of halogens is 1. The molecule has 1 N–H and O–H groups in total. The number of carbonyl (C=O) groups is 1. The van der Waals surface area contributed by atoms with Gasteiger partial charge in [0.2, 0.25) is 0 Å². The van der Waals surface area contributed by atoms with E-state index in [-0.39, 0.29) is 12.2 Å². The van der Waals surface area contributed by atoms with Gasteiger partial charge in [-0.15, -0.1) is 0 Å². The monoisotopic (exact) mass is 328 g/mol. The minimum atomic E-state index is -0.293. The zero-order valence-electron chi connectivity index (χ0n) is 12.3. The molecule has 116 valence electrons. The lowest BCUT2D eigenvalue weighted by Gasteiger charge is -2.38. The van der Waals surface area contributed by atoms with Crippen molar-refractivity contribution in [1.82, 2.24) is 14.2 Å². The van der Waals surface area contributed by atoms with Crippen LogP contribution in [0.25, 0.3) is 0 Å². The molecule has 0 radical (unpaired) electrons. The van der Waals surface area contributed by atoms with Gasteiger partial charge in [-0.2, -0.15) is 0 Å². The second kappa shape index (κ2) is 7.33. The highest BCUT2D eigenvalue weighted by Crippen LogP contribution is 2.20. The van der Waals surface area contributed by atoms with E-state index in [0.717, 1.165) is 19.5 Å². The van der Waals surface area contributed by atoms with E-state index in [0.29, 0.717) is 16.8 Å². The van der Waals surface area contributed by atoms with Gasteiger partial charge in [0.15, 0.2) is 0 Å². The number of thiol groups is 1. The van der Waals surface area contributed by atoms with Gasteiger partial charge in [0, 0.05) is 19.3 Å². The summed E-state index contributed by atoms with van der Waals surface area (Å²) in [5, 5.41) is 3.25. The van der Waals surface area contributed by atoms with Crippen molar-refractivity contribution in [1.29, 1.82) is 0 Å². The smallest absolute Gasteiger partial charge is 0.291 e. The van der Waals surface area contributed by atoms with Crippen LogP contribution in [0.5, 0.6) is 0 Å². The molecule has 2 rings (SSSR count). The van der Waals surface area contributed by atoms with E-state index in [1.54, 1.807) is 12.1 Å². The van der Waals surface area contributed by atoms with Gasteiger partial charge in [0.1, 0.15) is 5.82 Å². The summed E-state index contributed by atoms with van der Waals surface area (Å²) in [6.45, 7) is 6.21. The summed E-state index contributed by atoms with van der Waals surface area (Å²) in [5.41, 5.74) is 0. The molecule has 0 aliphatic carbocycles. The Balaban J connectivity index is 1.93. The van der Waals surface area contributed by atoms with Gasteiger partial charge >= 0.3 is 6.03 Å². The van der Waals surface area contributed by atoms with Crippen molar-refractivity contribution in [3.05, 3.63) is 23.4 Å². The van der Waals surface area contributed by atoms with Crippen molar-refractivity contribution in [3.63, 3.8) is 0 Å². The third-order valence-corrected chi connectivity index (χ3v) is 4.48. The quantitative estimate of drug-likeness (QED) is 0.835. The van der Waals surface area contributed by atoms with Gasteiger partial charge in [0.05, 0.1) is 11.2 Å². The van der Waals surface area contributed by atoms with Crippen LogP contribution in [0, 0.1) is 5.92 Å². The van der Waals surface area contributed by atoms with Gasteiger partial charge < -0.3 is 0 Å². The summed E-state index contributed by atoms with van der Waals surface area (Å²) in [6, 6.07) is 3.05. The van der Waals surface area contributed by atoms with Gasteiger partial charge in [-0.05, 0) is 37.8 Å². The molecule has 0 aromatic carbocycles. The first kappa shape index (κ1) is 16.4. The molecule has 1 aliphatic rings. The Bertz CT molecular complexity index is 484. The number of rotatable bonds is 3. The topological polar surface area (TPSA) is 48.5 Å². The van der Waals surface area contributed by atoms with Crippen LogP contribution >= 0.6 is 24.4 Å². The lowest BCUT2D eigenvalue weighted by Crippen LogP contribution is -2.49. The average Bonchev–Trinajstić information content (AvgIpc) is 2.48. The van der Waals surface area contributed by atoms with Crippen molar-refractivity contribution in [3.8, 4) is 0 Å². The van der Waals surface area contributed by atoms with Crippen LogP contribution in [0.3, 0.4) is 0 Å². The molecule has 1 saturated heterocycles. The van der Waals surface area contributed by atoms with E-state index in [2.05, 4.69) is 34.9 Å². The summed E-state index contributed by atoms with van der Waals surface area (Å²) >= 11 is 10.1. The molecule has 1 aliphatic heterocycles. The van der Waals surface area contributed by atoms with Crippen molar-refractivity contribution >= 4 is 36.3 Å². The Labute approximate surface area is 136 Å². The second-order valence-corrected chi connectivity index (χ2v) is 6.38. The van der Waals surface area contributed by atoms with E-state index in [1.165, 1.54) is 16.9 Å². The maximum Gasteiger partial charge on any atom is 0.334 e. The number of amides is 2. The summed E-state index contributed by atoms with van der Waals surface area (Å²) in [7, 11) is 0. The Kier molecular flexibility index (Phi) is 5.72. The van der Waals surface area contributed by atoms with Crippen LogP contribution in [0.15, 0.2) is 18.3 Å². The highest BCUT2D eigenvalue weighted by Gasteiger charge is 2.26. The molecule has 1 aromatic heterocycles. The molecule has 0 bridgehead atoms.